The molecule has 0 aromatic heterocycles. The molecule has 126 valence electrons. The van der Waals surface area contributed by atoms with Crippen molar-refractivity contribution in [3.8, 4) is 0 Å². The number of amides is 2. The van der Waals surface area contributed by atoms with Crippen LogP contribution in [0.5, 0.6) is 0 Å². The highest BCUT2D eigenvalue weighted by molar-refractivity contribution is 6.36. The molecule has 0 spiro atoms. The predicted octanol–water partition coefficient (Wildman–Crippen LogP) is 3.48. The Morgan fingerprint density at radius 1 is 1.39 bits per heavy atom. The highest BCUT2D eigenvalue weighted by Crippen LogP contribution is 2.26. The van der Waals surface area contributed by atoms with Gasteiger partial charge in [-0.3, -0.25) is 4.79 Å². The molecule has 1 aromatic rings. The number of ether oxygens (including phenoxy) is 1. The summed E-state index contributed by atoms with van der Waals surface area (Å²) in [4.78, 5) is 25.5. The van der Waals surface area contributed by atoms with Crippen molar-refractivity contribution in [3.05, 3.63) is 33.6 Å². The number of piperidine rings is 1. The summed E-state index contributed by atoms with van der Waals surface area (Å²) in [5.74, 6) is -1.08. The minimum atomic E-state index is -0.697. The Balaban J connectivity index is 2.07. The van der Waals surface area contributed by atoms with Gasteiger partial charge in [0.1, 0.15) is 5.82 Å². The van der Waals surface area contributed by atoms with E-state index < -0.39 is 11.9 Å². The molecule has 1 fully saturated rings. The highest BCUT2D eigenvalue weighted by atomic mass is 35.5. The van der Waals surface area contributed by atoms with Gasteiger partial charge in [0.05, 0.1) is 22.2 Å². The first-order valence-corrected chi connectivity index (χ1v) is 8.05. The van der Waals surface area contributed by atoms with Crippen molar-refractivity contribution in [3.63, 3.8) is 0 Å². The molecule has 1 atom stereocenters. The molecule has 1 saturated heterocycles. The lowest BCUT2D eigenvalue weighted by Crippen LogP contribution is -2.49. The van der Waals surface area contributed by atoms with Gasteiger partial charge in [0.15, 0.2) is 0 Å². The molecule has 0 unspecified atom stereocenters. The molecular formula is C15H17Cl2FN2O3. The molecule has 0 aliphatic carbocycles. The largest absolute Gasteiger partial charge is 0.450 e. The molecule has 1 aromatic carbocycles. The van der Waals surface area contributed by atoms with Crippen LogP contribution in [0.25, 0.3) is 0 Å². The zero-order chi connectivity index (χ0) is 17.0. The first-order valence-electron chi connectivity index (χ1n) is 7.29. The molecule has 1 heterocycles. The van der Waals surface area contributed by atoms with Crippen molar-refractivity contribution >= 4 is 35.2 Å². The minimum absolute atomic E-state index is 0.0605. The van der Waals surface area contributed by atoms with E-state index in [0.29, 0.717) is 13.1 Å². The molecular weight excluding hydrogens is 346 g/mol. The van der Waals surface area contributed by atoms with Gasteiger partial charge >= 0.3 is 6.09 Å². The Hall–Kier alpha value is -1.53. The SMILES string of the molecule is CCOC(=O)N[C@H]1CCCN(C(=O)c2cc(F)c(Cl)cc2Cl)C1. The molecule has 8 heteroatoms. The van der Waals surface area contributed by atoms with Crippen LogP contribution in [0.15, 0.2) is 12.1 Å². The van der Waals surface area contributed by atoms with E-state index in [1.165, 1.54) is 11.0 Å². The second-order valence-electron chi connectivity index (χ2n) is 5.20. The van der Waals surface area contributed by atoms with Crippen molar-refractivity contribution in [2.75, 3.05) is 19.7 Å². The molecule has 2 amide bonds. The standard InChI is InChI=1S/C15H17Cl2FN2O3/c1-2-23-15(22)19-9-4-3-5-20(8-9)14(21)10-6-13(18)12(17)7-11(10)16/h6-7,9H,2-5,8H2,1H3,(H,19,22)/t9-/m0/s1. The third-order valence-corrected chi connectivity index (χ3v) is 4.15. The number of hydrogen-bond acceptors (Lipinski definition) is 3. The number of nitrogens with one attached hydrogen (secondary N) is 1. The maximum Gasteiger partial charge on any atom is 0.407 e. The average molecular weight is 363 g/mol. The van der Waals surface area contributed by atoms with Crippen LogP contribution in [0.4, 0.5) is 9.18 Å². The summed E-state index contributed by atoms with van der Waals surface area (Å²) in [6.07, 6.45) is 0.948. The number of carbonyl (C=O) groups excluding carboxylic acids is 2. The van der Waals surface area contributed by atoms with Crippen LogP contribution in [0, 0.1) is 5.82 Å². The van der Waals surface area contributed by atoms with Crippen molar-refractivity contribution in [1.82, 2.24) is 10.2 Å². The third kappa shape index (κ3) is 4.48. The molecule has 1 aliphatic heterocycles. The predicted molar refractivity (Wildman–Crippen MR) is 85.5 cm³/mol. The Kier molecular flexibility index (Phi) is 6.07. The first kappa shape index (κ1) is 17.8. The third-order valence-electron chi connectivity index (χ3n) is 3.55. The number of benzene rings is 1. The molecule has 1 aliphatic rings. The molecule has 0 bridgehead atoms. The average Bonchev–Trinajstić information content (AvgIpc) is 2.50. The highest BCUT2D eigenvalue weighted by Gasteiger charge is 2.27. The lowest BCUT2D eigenvalue weighted by Gasteiger charge is -2.33. The summed E-state index contributed by atoms with van der Waals surface area (Å²) in [6.45, 7) is 2.83. The van der Waals surface area contributed by atoms with Crippen molar-refractivity contribution in [2.45, 2.75) is 25.8 Å². The fourth-order valence-corrected chi connectivity index (χ4v) is 2.94. The zero-order valence-electron chi connectivity index (χ0n) is 12.6. The Labute approximate surface area is 143 Å². The van der Waals surface area contributed by atoms with E-state index in [0.717, 1.165) is 18.9 Å². The van der Waals surface area contributed by atoms with E-state index in [1.807, 2.05) is 0 Å². The number of rotatable bonds is 3. The van der Waals surface area contributed by atoms with E-state index in [9.17, 15) is 14.0 Å². The van der Waals surface area contributed by atoms with Gasteiger partial charge in [-0.1, -0.05) is 23.2 Å². The first-order chi connectivity index (χ1) is 10.9. The van der Waals surface area contributed by atoms with Crippen LogP contribution in [0.1, 0.15) is 30.1 Å². The number of carbonyl (C=O) groups is 2. The van der Waals surface area contributed by atoms with E-state index in [4.69, 9.17) is 27.9 Å². The normalized spacial score (nSPS) is 17.7. The van der Waals surface area contributed by atoms with Gasteiger partial charge in [0.25, 0.3) is 5.91 Å². The van der Waals surface area contributed by atoms with Gasteiger partial charge < -0.3 is 15.0 Å². The van der Waals surface area contributed by atoms with Gasteiger partial charge in [-0.05, 0) is 31.9 Å². The van der Waals surface area contributed by atoms with Gasteiger partial charge in [0.2, 0.25) is 0 Å². The molecule has 5 nitrogen and oxygen atoms in total. The second kappa shape index (κ2) is 7.84. The number of alkyl carbamates (subject to hydrolysis) is 1. The fraction of sp³-hybridized carbons (Fsp3) is 0.467. The number of likely N-dealkylation sites (tertiary alicyclic amines) is 1. The molecule has 0 radical (unpaired) electrons. The van der Waals surface area contributed by atoms with Gasteiger partial charge in [-0.15, -0.1) is 0 Å². The quantitative estimate of drug-likeness (QED) is 0.837. The summed E-state index contributed by atoms with van der Waals surface area (Å²) in [6, 6.07) is 2.04. The van der Waals surface area contributed by atoms with Crippen molar-refractivity contribution in [2.24, 2.45) is 0 Å². The fourth-order valence-electron chi connectivity index (χ4n) is 2.48. The van der Waals surface area contributed by atoms with Crippen LogP contribution in [0.3, 0.4) is 0 Å². The van der Waals surface area contributed by atoms with Crippen LogP contribution in [0.2, 0.25) is 10.0 Å². The van der Waals surface area contributed by atoms with E-state index in [2.05, 4.69) is 5.32 Å². The molecule has 1 N–H and O–H groups in total. The molecule has 2 rings (SSSR count). The summed E-state index contributed by atoms with van der Waals surface area (Å²) >= 11 is 11.6. The lowest BCUT2D eigenvalue weighted by atomic mass is 10.0. The maximum absolute atomic E-state index is 13.6. The molecule has 0 saturated carbocycles. The van der Waals surface area contributed by atoms with E-state index in [1.54, 1.807) is 6.92 Å². The summed E-state index contributed by atoms with van der Waals surface area (Å²) < 4.78 is 18.4. The van der Waals surface area contributed by atoms with Crippen molar-refractivity contribution < 1.29 is 18.7 Å². The van der Waals surface area contributed by atoms with Crippen LogP contribution in [-0.2, 0) is 4.74 Å². The zero-order valence-corrected chi connectivity index (χ0v) is 14.1. The molecule has 23 heavy (non-hydrogen) atoms. The maximum atomic E-state index is 13.6. The van der Waals surface area contributed by atoms with Gasteiger partial charge in [0, 0.05) is 19.1 Å². The summed E-state index contributed by atoms with van der Waals surface area (Å²) in [7, 11) is 0. The number of halogens is 3. The second-order valence-corrected chi connectivity index (χ2v) is 6.02. The monoisotopic (exact) mass is 362 g/mol. The summed E-state index contributed by atoms with van der Waals surface area (Å²) in [5, 5.41) is 2.67. The van der Waals surface area contributed by atoms with Crippen molar-refractivity contribution in [1.29, 1.82) is 0 Å². The number of nitrogens with zero attached hydrogens (tertiary/aromatic N) is 1. The lowest BCUT2D eigenvalue weighted by molar-refractivity contribution is 0.0686. The topological polar surface area (TPSA) is 58.6 Å². The van der Waals surface area contributed by atoms with Gasteiger partial charge in [-0.2, -0.15) is 0 Å². The number of hydrogen-bond donors (Lipinski definition) is 1. The minimum Gasteiger partial charge on any atom is -0.450 e. The van der Waals surface area contributed by atoms with Gasteiger partial charge in [-0.25, -0.2) is 9.18 Å². The van der Waals surface area contributed by atoms with Crippen LogP contribution >= 0.6 is 23.2 Å². The van der Waals surface area contributed by atoms with Crippen LogP contribution in [-0.4, -0.2) is 42.6 Å². The van der Waals surface area contributed by atoms with E-state index in [-0.39, 0.29) is 34.2 Å². The van der Waals surface area contributed by atoms with Crippen LogP contribution < -0.4 is 5.32 Å². The smallest absolute Gasteiger partial charge is 0.407 e. The Morgan fingerprint density at radius 2 is 2.13 bits per heavy atom. The summed E-state index contributed by atoms with van der Waals surface area (Å²) in [5.41, 5.74) is 0.0605. The van der Waals surface area contributed by atoms with E-state index >= 15 is 0 Å². The Morgan fingerprint density at radius 3 is 2.83 bits per heavy atom. The Bertz CT molecular complexity index is 613.